The van der Waals surface area contributed by atoms with Gasteiger partial charge in [-0.3, -0.25) is 4.79 Å². The quantitative estimate of drug-likeness (QED) is 0.622. The number of nitriles is 1. The van der Waals surface area contributed by atoms with Crippen LogP contribution >= 0.6 is 0 Å². The Kier molecular flexibility index (Phi) is 2.09. The average Bonchev–Trinajstić information content (AvgIpc) is 2.20. The van der Waals surface area contributed by atoms with Crippen molar-refractivity contribution in [3.05, 3.63) is 34.4 Å². The van der Waals surface area contributed by atoms with Gasteiger partial charge in [0.25, 0.3) is 0 Å². The second-order valence-corrected chi connectivity index (χ2v) is 3.65. The smallest absolute Gasteiger partial charge is 0.163 e. The number of nitrogens with zero attached hydrogens (tertiary/aromatic N) is 1. The van der Waals surface area contributed by atoms with Crippen molar-refractivity contribution >= 4 is 5.78 Å². The van der Waals surface area contributed by atoms with Crippen molar-refractivity contribution in [2.45, 2.75) is 26.2 Å². The van der Waals surface area contributed by atoms with Crippen LogP contribution in [0.15, 0.2) is 12.1 Å². The minimum absolute atomic E-state index is 0.221. The summed E-state index contributed by atoms with van der Waals surface area (Å²) in [5.74, 6) is 0.221. The van der Waals surface area contributed by atoms with E-state index < -0.39 is 0 Å². The van der Waals surface area contributed by atoms with Crippen LogP contribution in [-0.4, -0.2) is 5.78 Å². The van der Waals surface area contributed by atoms with Crippen LogP contribution in [0.1, 0.15) is 39.9 Å². The first-order valence-electron chi connectivity index (χ1n) is 4.80. The lowest BCUT2D eigenvalue weighted by Gasteiger charge is -2.17. The van der Waals surface area contributed by atoms with E-state index in [0.29, 0.717) is 12.0 Å². The maximum Gasteiger partial charge on any atom is 0.163 e. The number of rotatable bonds is 0. The Bertz CT molecular complexity index is 440. The Morgan fingerprint density at radius 3 is 2.86 bits per heavy atom. The molecular formula is C12H11NO. The van der Waals surface area contributed by atoms with Gasteiger partial charge < -0.3 is 0 Å². The number of hydrogen-bond donors (Lipinski definition) is 0. The first-order chi connectivity index (χ1) is 6.74. The molecule has 1 aromatic rings. The van der Waals surface area contributed by atoms with Gasteiger partial charge in [-0.15, -0.1) is 0 Å². The Balaban J connectivity index is 2.64. The van der Waals surface area contributed by atoms with E-state index in [1.165, 1.54) is 0 Å². The molecule has 1 aromatic carbocycles. The summed E-state index contributed by atoms with van der Waals surface area (Å²) in [7, 11) is 0. The minimum Gasteiger partial charge on any atom is -0.294 e. The monoisotopic (exact) mass is 185 g/mol. The molecule has 0 atom stereocenters. The third kappa shape index (κ3) is 1.22. The van der Waals surface area contributed by atoms with Crippen molar-refractivity contribution < 1.29 is 4.79 Å². The van der Waals surface area contributed by atoms with Crippen LogP contribution in [0, 0.1) is 18.3 Å². The molecule has 2 nitrogen and oxygen atoms in total. The molecule has 0 N–H and O–H groups in total. The van der Waals surface area contributed by atoms with Gasteiger partial charge >= 0.3 is 0 Å². The Hall–Kier alpha value is -1.62. The molecule has 0 saturated carbocycles. The van der Waals surface area contributed by atoms with Gasteiger partial charge in [-0.25, -0.2) is 0 Å². The molecule has 1 aliphatic rings. The van der Waals surface area contributed by atoms with Gasteiger partial charge in [-0.2, -0.15) is 5.26 Å². The van der Waals surface area contributed by atoms with Crippen LogP contribution in [0.5, 0.6) is 0 Å². The van der Waals surface area contributed by atoms with Crippen LogP contribution < -0.4 is 0 Å². The zero-order chi connectivity index (χ0) is 10.1. The minimum atomic E-state index is 0.221. The summed E-state index contributed by atoms with van der Waals surface area (Å²) >= 11 is 0. The Morgan fingerprint density at radius 1 is 1.36 bits per heavy atom. The molecule has 2 rings (SSSR count). The Labute approximate surface area is 83.2 Å². The molecule has 0 unspecified atom stereocenters. The summed E-state index contributed by atoms with van der Waals surface area (Å²) in [5.41, 5.74) is 3.59. The van der Waals surface area contributed by atoms with Crippen molar-refractivity contribution in [3.8, 4) is 6.07 Å². The highest BCUT2D eigenvalue weighted by Gasteiger charge is 2.19. The van der Waals surface area contributed by atoms with Gasteiger partial charge in [0.2, 0.25) is 0 Å². The second kappa shape index (κ2) is 3.26. The standard InChI is InChI=1S/C12H11NO/c1-8-9(7-13)5-6-11-10(8)3-2-4-12(11)14/h5-6H,2-4H2,1H3. The highest BCUT2D eigenvalue weighted by Crippen LogP contribution is 2.26. The predicted molar refractivity (Wildman–Crippen MR) is 53.2 cm³/mol. The fraction of sp³-hybridized carbons (Fsp3) is 0.333. The van der Waals surface area contributed by atoms with E-state index in [1.54, 1.807) is 12.1 Å². The first kappa shape index (κ1) is 8.96. The van der Waals surface area contributed by atoms with E-state index in [1.807, 2.05) is 6.92 Å². The highest BCUT2D eigenvalue weighted by molar-refractivity contribution is 5.99. The normalized spacial score (nSPS) is 14.7. The van der Waals surface area contributed by atoms with E-state index in [-0.39, 0.29) is 5.78 Å². The summed E-state index contributed by atoms with van der Waals surface area (Å²) in [5, 5.41) is 8.85. The molecule has 0 saturated heterocycles. The summed E-state index contributed by atoms with van der Waals surface area (Å²) in [6.45, 7) is 1.93. The van der Waals surface area contributed by atoms with E-state index >= 15 is 0 Å². The number of hydrogen-bond acceptors (Lipinski definition) is 2. The van der Waals surface area contributed by atoms with Gasteiger partial charge in [0, 0.05) is 12.0 Å². The number of carbonyl (C=O) groups excluding carboxylic acids is 1. The summed E-state index contributed by atoms with van der Waals surface area (Å²) < 4.78 is 0. The van der Waals surface area contributed by atoms with Crippen LogP contribution in [0.4, 0.5) is 0 Å². The molecule has 2 heteroatoms. The molecule has 0 spiro atoms. The van der Waals surface area contributed by atoms with Crippen LogP contribution in [0.2, 0.25) is 0 Å². The van der Waals surface area contributed by atoms with Gasteiger partial charge in [0.1, 0.15) is 0 Å². The highest BCUT2D eigenvalue weighted by atomic mass is 16.1. The fourth-order valence-electron chi connectivity index (χ4n) is 2.02. The summed E-state index contributed by atoms with van der Waals surface area (Å²) in [6.07, 6.45) is 2.50. The largest absolute Gasteiger partial charge is 0.294 e. The molecule has 0 amide bonds. The maximum absolute atomic E-state index is 11.6. The summed E-state index contributed by atoms with van der Waals surface area (Å²) in [4.78, 5) is 11.6. The van der Waals surface area contributed by atoms with Crippen molar-refractivity contribution in [2.75, 3.05) is 0 Å². The average molecular weight is 185 g/mol. The molecule has 0 radical (unpaired) electrons. The number of benzene rings is 1. The van der Waals surface area contributed by atoms with Crippen LogP contribution in [-0.2, 0) is 6.42 Å². The van der Waals surface area contributed by atoms with Gasteiger partial charge in [-0.1, -0.05) is 0 Å². The topological polar surface area (TPSA) is 40.9 Å². The van der Waals surface area contributed by atoms with Crippen molar-refractivity contribution in [1.29, 1.82) is 5.26 Å². The predicted octanol–water partition coefficient (Wildman–Crippen LogP) is 2.39. The van der Waals surface area contributed by atoms with Gasteiger partial charge in [0.15, 0.2) is 5.78 Å². The molecule has 0 fully saturated rings. The molecule has 0 bridgehead atoms. The van der Waals surface area contributed by atoms with E-state index in [4.69, 9.17) is 5.26 Å². The zero-order valence-electron chi connectivity index (χ0n) is 8.13. The zero-order valence-corrected chi connectivity index (χ0v) is 8.13. The van der Waals surface area contributed by atoms with Gasteiger partial charge in [0.05, 0.1) is 11.6 Å². The molecule has 0 aliphatic heterocycles. The molecule has 70 valence electrons. The maximum atomic E-state index is 11.6. The van der Waals surface area contributed by atoms with Crippen molar-refractivity contribution in [2.24, 2.45) is 0 Å². The lowest BCUT2D eigenvalue weighted by atomic mass is 9.86. The first-order valence-corrected chi connectivity index (χ1v) is 4.80. The number of carbonyl (C=O) groups is 1. The molecule has 0 heterocycles. The van der Waals surface area contributed by atoms with Gasteiger partial charge in [-0.05, 0) is 43.0 Å². The van der Waals surface area contributed by atoms with E-state index in [0.717, 1.165) is 29.5 Å². The fourth-order valence-corrected chi connectivity index (χ4v) is 2.02. The van der Waals surface area contributed by atoms with Crippen LogP contribution in [0.3, 0.4) is 0 Å². The molecular weight excluding hydrogens is 174 g/mol. The van der Waals surface area contributed by atoms with Crippen LogP contribution in [0.25, 0.3) is 0 Å². The number of Topliss-reactive ketones (excluding diaryl/α,β-unsaturated/α-hetero) is 1. The van der Waals surface area contributed by atoms with Crippen molar-refractivity contribution in [1.82, 2.24) is 0 Å². The number of ketones is 1. The Morgan fingerprint density at radius 2 is 2.14 bits per heavy atom. The number of fused-ring (bicyclic) bond motifs is 1. The lowest BCUT2D eigenvalue weighted by Crippen LogP contribution is -2.12. The SMILES string of the molecule is Cc1c(C#N)ccc2c1CCCC2=O. The lowest BCUT2D eigenvalue weighted by molar-refractivity contribution is 0.0972. The summed E-state index contributed by atoms with van der Waals surface area (Å²) in [6, 6.07) is 5.69. The van der Waals surface area contributed by atoms with Crippen molar-refractivity contribution in [3.63, 3.8) is 0 Å². The third-order valence-electron chi connectivity index (χ3n) is 2.85. The molecule has 14 heavy (non-hydrogen) atoms. The second-order valence-electron chi connectivity index (χ2n) is 3.65. The molecule has 0 aromatic heterocycles. The van der Waals surface area contributed by atoms with E-state index in [9.17, 15) is 4.79 Å². The third-order valence-corrected chi connectivity index (χ3v) is 2.85. The van der Waals surface area contributed by atoms with E-state index in [2.05, 4.69) is 6.07 Å². The molecule has 1 aliphatic carbocycles.